The van der Waals surface area contributed by atoms with Crippen LogP contribution in [0.15, 0.2) is 28.8 Å². The Bertz CT molecular complexity index is 977. The van der Waals surface area contributed by atoms with Gasteiger partial charge in [-0.25, -0.2) is 0 Å². The lowest BCUT2D eigenvalue weighted by Crippen LogP contribution is -2.24. The minimum absolute atomic E-state index is 0.124. The number of aryl methyl sites for hydroxylation is 2. The largest absolute Gasteiger partial charge is 0.368 e. The van der Waals surface area contributed by atoms with Gasteiger partial charge in [0.1, 0.15) is 6.10 Å². The average Bonchev–Trinajstić information content (AvgIpc) is 3.36. The van der Waals surface area contributed by atoms with Crippen molar-refractivity contribution < 1.29 is 14.1 Å². The minimum atomic E-state index is -0.179. The van der Waals surface area contributed by atoms with Gasteiger partial charge in [0.05, 0.1) is 17.6 Å². The molecule has 2 aromatic heterocycles. The van der Waals surface area contributed by atoms with Crippen molar-refractivity contribution in [3.05, 3.63) is 52.8 Å². The molecular formula is C20H22N4O3. The van der Waals surface area contributed by atoms with Crippen molar-refractivity contribution in [2.24, 2.45) is 0 Å². The van der Waals surface area contributed by atoms with Crippen LogP contribution in [0.1, 0.15) is 59.2 Å². The molecule has 1 atom stereocenters. The number of ether oxygens (including phenoxy) is 1. The number of rotatable bonds is 5. The first kappa shape index (κ1) is 17.6. The van der Waals surface area contributed by atoms with Gasteiger partial charge in [0, 0.05) is 17.7 Å². The van der Waals surface area contributed by atoms with E-state index < -0.39 is 0 Å². The number of nitrogens with zero attached hydrogens (tertiary/aromatic N) is 3. The normalized spacial score (nSPS) is 16.7. The summed E-state index contributed by atoms with van der Waals surface area (Å²) >= 11 is 0. The standard InChI is InChI=1S/C20H22N4O3/c1-3-13-6-7-16-14(10-13)15(9-12(2)22-16)19(25)21-11-18-23-20(27-24-18)17-5-4-8-26-17/h6-7,9-10,17H,3-5,8,11H2,1-2H3,(H,21,25)/t17-/m1/s1. The Morgan fingerprint density at radius 3 is 2.96 bits per heavy atom. The molecule has 3 heterocycles. The lowest BCUT2D eigenvalue weighted by Gasteiger charge is -2.09. The van der Waals surface area contributed by atoms with Gasteiger partial charge in [-0.2, -0.15) is 4.98 Å². The molecule has 0 saturated carbocycles. The number of carbonyl (C=O) groups excluding carboxylic acids is 1. The minimum Gasteiger partial charge on any atom is -0.368 e. The molecule has 0 radical (unpaired) electrons. The van der Waals surface area contributed by atoms with Gasteiger partial charge in [0.2, 0.25) is 0 Å². The molecule has 3 aromatic rings. The van der Waals surface area contributed by atoms with Gasteiger partial charge in [-0.05, 0) is 49.9 Å². The van der Waals surface area contributed by atoms with E-state index in [1.807, 2.05) is 31.2 Å². The summed E-state index contributed by atoms with van der Waals surface area (Å²) in [5.74, 6) is 0.745. The zero-order valence-corrected chi connectivity index (χ0v) is 15.5. The van der Waals surface area contributed by atoms with Gasteiger partial charge in [0.25, 0.3) is 11.8 Å². The van der Waals surface area contributed by atoms with Crippen LogP contribution in [0, 0.1) is 6.92 Å². The second-order valence-corrected chi connectivity index (χ2v) is 6.75. The van der Waals surface area contributed by atoms with Crippen LogP contribution >= 0.6 is 0 Å². The van der Waals surface area contributed by atoms with Crippen molar-refractivity contribution in [2.75, 3.05) is 6.61 Å². The van der Waals surface area contributed by atoms with Crippen LogP contribution in [0.3, 0.4) is 0 Å². The average molecular weight is 366 g/mol. The monoisotopic (exact) mass is 366 g/mol. The quantitative estimate of drug-likeness (QED) is 0.745. The number of hydrogen-bond acceptors (Lipinski definition) is 6. The molecule has 1 fully saturated rings. The van der Waals surface area contributed by atoms with Gasteiger partial charge >= 0.3 is 0 Å². The van der Waals surface area contributed by atoms with E-state index in [1.54, 1.807) is 0 Å². The molecule has 1 aromatic carbocycles. The number of benzene rings is 1. The molecule has 0 spiro atoms. The van der Waals surface area contributed by atoms with Gasteiger partial charge < -0.3 is 14.6 Å². The highest BCUT2D eigenvalue weighted by Crippen LogP contribution is 2.27. The molecule has 0 aliphatic carbocycles. The highest BCUT2D eigenvalue weighted by Gasteiger charge is 2.24. The van der Waals surface area contributed by atoms with E-state index in [9.17, 15) is 4.79 Å². The summed E-state index contributed by atoms with van der Waals surface area (Å²) in [5, 5.41) is 7.68. The third kappa shape index (κ3) is 3.68. The lowest BCUT2D eigenvalue weighted by atomic mass is 10.0. The van der Waals surface area contributed by atoms with Crippen LogP contribution < -0.4 is 5.32 Å². The Balaban J connectivity index is 1.52. The molecule has 1 aliphatic heterocycles. The topological polar surface area (TPSA) is 90.1 Å². The predicted octanol–water partition coefficient (Wildman–Crippen LogP) is 3.27. The predicted molar refractivity (Wildman–Crippen MR) is 99.3 cm³/mol. The van der Waals surface area contributed by atoms with Crippen molar-refractivity contribution in [2.45, 2.75) is 45.8 Å². The van der Waals surface area contributed by atoms with Gasteiger partial charge in [-0.15, -0.1) is 0 Å². The highest BCUT2D eigenvalue weighted by atomic mass is 16.5. The first-order chi connectivity index (χ1) is 13.1. The summed E-state index contributed by atoms with van der Waals surface area (Å²) < 4.78 is 10.8. The number of nitrogens with one attached hydrogen (secondary N) is 1. The number of amides is 1. The second-order valence-electron chi connectivity index (χ2n) is 6.75. The third-order valence-electron chi connectivity index (χ3n) is 4.75. The van der Waals surface area contributed by atoms with Crippen LogP contribution in [0.4, 0.5) is 0 Å². The molecule has 7 heteroatoms. The number of hydrogen-bond donors (Lipinski definition) is 1. The molecule has 7 nitrogen and oxygen atoms in total. The molecule has 1 saturated heterocycles. The summed E-state index contributed by atoms with van der Waals surface area (Å²) in [7, 11) is 0. The van der Waals surface area contributed by atoms with Crippen molar-refractivity contribution >= 4 is 16.8 Å². The van der Waals surface area contributed by atoms with Crippen LogP contribution in [0.2, 0.25) is 0 Å². The van der Waals surface area contributed by atoms with E-state index in [1.165, 1.54) is 5.56 Å². The first-order valence-corrected chi connectivity index (χ1v) is 9.26. The van der Waals surface area contributed by atoms with E-state index >= 15 is 0 Å². The Labute approximate surface area is 157 Å². The summed E-state index contributed by atoms with van der Waals surface area (Å²) in [5.41, 5.74) is 3.40. The zero-order valence-electron chi connectivity index (χ0n) is 15.5. The molecule has 140 valence electrons. The summed E-state index contributed by atoms with van der Waals surface area (Å²) in [6.45, 7) is 4.89. The van der Waals surface area contributed by atoms with Crippen LogP contribution in [0.25, 0.3) is 10.9 Å². The number of aromatic nitrogens is 3. The van der Waals surface area contributed by atoms with Crippen LogP contribution in [-0.2, 0) is 17.7 Å². The maximum absolute atomic E-state index is 12.8. The fraction of sp³-hybridized carbons (Fsp3) is 0.400. The van der Waals surface area contributed by atoms with Crippen molar-refractivity contribution in [1.82, 2.24) is 20.4 Å². The molecule has 1 aliphatic rings. The fourth-order valence-corrected chi connectivity index (χ4v) is 3.31. The molecular weight excluding hydrogens is 344 g/mol. The second kappa shape index (κ2) is 7.44. The maximum Gasteiger partial charge on any atom is 0.255 e. The Morgan fingerprint density at radius 2 is 2.19 bits per heavy atom. The van der Waals surface area contributed by atoms with Gasteiger partial charge in [0.15, 0.2) is 5.82 Å². The smallest absolute Gasteiger partial charge is 0.255 e. The van der Waals surface area contributed by atoms with Crippen LogP contribution in [-0.4, -0.2) is 27.6 Å². The summed E-state index contributed by atoms with van der Waals surface area (Å²) in [6.07, 6.45) is 2.66. The number of carbonyl (C=O) groups is 1. The molecule has 27 heavy (non-hydrogen) atoms. The Kier molecular flexibility index (Phi) is 4.85. The van der Waals surface area contributed by atoms with Crippen LogP contribution in [0.5, 0.6) is 0 Å². The number of fused-ring (bicyclic) bond motifs is 1. The third-order valence-corrected chi connectivity index (χ3v) is 4.75. The zero-order chi connectivity index (χ0) is 18.8. The molecule has 1 N–H and O–H groups in total. The molecule has 1 amide bonds. The van der Waals surface area contributed by atoms with Crippen molar-refractivity contribution in [3.8, 4) is 0 Å². The SMILES string of the molecule is CCc1ccc2nc(C)cc(C(=O)NCc3noc([C@H]4CCCO4)n3)c2c1. The number of pyridine rings is 1. The van der Waals surface area contributed by atoms with E-state index in [0.29, 0.717) is 23.9 Å². The Morgan fingerprint density at radius 1 is 1.30 bits per heavy atom. The fourth-order valence-electron chi connectivity index (χ4n) is 3.31. The molecule has 4 rings (SSSR count). The first-order valence-electron chi connectivity index (χ1n) is 9.26. The molecule has 0 bridgehead atoms. The van der Waals surface area contributed by atoms with Gasteiger partial charge in [-0.1, -0.05) is 18.1 Å². The van der Waals surface area contributed by atoms with E-state index in [4.69, 9.17) is 9.26 Å². The van der Waals surface area contributed by atoms with E-state index in [-0.39, 0.29) is 18.6 Å². The summed E-state index contributed by atoms with van der Waals surface area (Å²) in [4.78, 5) is 21.7. The van der Waals surface area contributed by atoms with E-state index in [0.717, 1.165) is 35.9 Å². The van der Waals surface area contributed by atoms with E-state index in [2.05, 4.69) is 27.4 Å². The summed E-state index contributed by atoms with van der Waals surface area (Å²) in [6, 6.07) is 7.85. The maximum atomic E-state index is 12.8. The van der Waals surface area contributed by atoms with Gasteiger partial charge in [-0.3, -0.25) is 9.78 Å². The highest BCUT2D eigenvalue weighted by molar-refractivity contribution is 6.06. The lowest BCUT2D eigenvalue weighted by molar-refractivity contribution is 0.0835. The van der Waals surface area contributed by atoms with Crippen molar-refractivity contribution in [3.63, 3.8) is 0 Å². The Hall–Kier alpha value is -2.80. The molecule has 0 unspecified atom stereocenters. The van der Waals surface area contributed by atoms with Crippen molar-refractivity contribution in [1.29, 1.82) is 0 Å².